The number of hydrogen-bond donors (Lipinski definition) is 0. The summed E-state index contributed by atoms with van der Waals surface area (Å²) < 4.78 is 4.56. The van der Waals surface area contributed by atoms with E-state index in [9.17, 15) is 9.59 Å². The quantitative estimate of drug-likeness (QED) is 0.597. The summed E-state index contributed by atoms with van der Waals surface area (Å²) in [6.45, 7) is 0. The molecule has 0 atom stereocenters. The third kappa shape index (κ3) is 4.03. The molecule has 0 unspecified atom stereocenters. The predicted octanol–water partition coefficient (Wildman–Crippen LogP) is 1.44. The van der Waals surface area contributed by atoms with Crippen LogP contribution < -0.4 is 0 Å². The third-order valence-corrected chi connectivity index (χ3v) is 3.26. The molecule has 1 rings (SSSR count). The number of carbonyl (C=O) groups is 2. The Hall–Kier alpha value is -1.56. The topological polar surface area (TPSA) is 59.5 Å². The van der Waals surface area contributed by atoms with Crippen LogP contribution in [0.25, 0.3) is 0 Å². The molecule has 1 heterocycles. The summed E-state index contributed by atoms with van der Waals surface area (Å²) in [5.74, 6) is 0.233. The molecule has 0 bridgehead atoms. The van der Waals surface area contributed by atoms with E-state index in [0.717, 1.165) is 4.90 Å². The predicted molar refractivity (Wildman–Crippen MR) is 69.6 cm³/mol. The van der Waals surface area contributed by atoms with Crippen molar-refractivity contribution in [2.75, 3.05) is 27.0 Å². The van der Waals surface area contributed by atoms with Gasteiger partial charge in [0.25, 0.3) is 5.91 Å². The van der Waals surface area contributed by atoms with Crippen LogP contribution in [0.15, 0.2) is 23.4 Å². The van der Waals surface area contributed by atoms with Gasteiger partial charge in [0.2, 0.25) is 0 Å². The van der Waals surface area contributed by atoms with E-state index >= 15 is 0 Å². The van der Waals surface area contributed by atoms with Crippen LogP contribution in [0.3, 0.4) is 0 Å². The molecule has 0 radical (unpaired) electrons. The lowest BCUT2D eigenvalue weighted by Gasteiger charge is -2.13. The lowest BCUT2D eigenvalue weighted by molar-refractivity contribution is -0.140. The van der Waals surface area contributed by atoms with E-state index in [2.05, 4.69) is 9.72 Å². The Morgan fingerprint density at radius 2 is 2.17 bits per heavy atom. The number of esters is 1. The van der Waals surface area contributed by atoms with Crippen molar-refractivity contribution in [3.05, 3.63) is 24.0 Å². The normalized spacial score (nSPS) is 9.94. The highest BCUT2D eigenvalue weighted by Gasteiger charge is 2.13. The number of carbonyl (C=O) groups excluding carboxylic acids is 2. The smallest absolute Gasteiger partial charge is 0.306 e. The van der Waals surface area contributed by atoms with Gasteiger partial charge in [-0.3, -0.25) is 14.6 Å². The summed E-state index contributed by atoms with van der Waals surface area (Å²) >= 11 is 1.43. The minimum Gasteiger partial charge on any atom is -0.469 e. The van der Waals surface area contributed by atoms with Crippen molar-refractivity contribution in [1.29, 1.82) is 0 Å². The van der Waals surface area contributed by atoms with Gasteiger partial charge < -0.3 is 9.64 Å². The third-order valence-electron chi connectivity index (χ3n) is 2.21. The molecule has 0 N–H and O–H groups in total. The molecule has 0 aliphatic carbocycles. The van der Waals surface area contributed by atoms with Crippen molar-refractivity contribution < 1.29 is 14.3 Å². The molecule has 18 heavy (non-hydrogen) atoms. The molecule has 0 fully saturated rings. The number of aromatic nitrogens is 1. The SMILES string of the molecule is COC(=O)CCSc1cnccc1C(=O)N(C)C. The monoisotopic (exact) mass is 268 g/mol. The van der Waals surface area contributed by atoms with Gasteiger partial charge in [-0.1, -0.05) is 0 Å². The zero-order valence-electron chi connectivity index (χ0n) is 10.7. The van der Waals surface area contributed by atoms with Crippen LogP contribution in [0.5, 0.6) is 0 Å². The zero-order valence-corrected chi connectivity index (χ0v) is 11.5. The lowest BCUT2D eigenvalue weighted by Crippen LogP contribution is -2.22. The standard InChI is InChI=1S/C12H16N2O3S/c1-14(2)12(16)9-4-6-13-8-10(9)18-7-5-11(15)17-3/h4,6,8H,5,7H2,1-3H3. The molecule has 0 saturated heterocycles. The first kappa shape index (κ1) is 14.5. The molecule has 0 aromatic carbocycles. The Kier molecular flexibility index (Phi) is 5.64. The fraction of sp³-hybridized carbons (Fsp3) is 0.417. The summed E-state index contributed by atoms with van der Waals surface area (Å²) in [7, 11) is 4.76. The highest BCUT2D eigenvalue weighted by Crippen LogP contribution is 2.23. The van der Waals surface area contributed by atoms with Gasteiger partial charge in [0.05, 0.1) is 19.1 Å². The van der Waals surface area contributed by atoms with Crippen LogP contribution in [0.1, 0.15) is 16.8 Å². The summed E-state index contributed by atoms with van der Waals surface area (Å²) in [6, 6.07) is 1.68. The average Bonchev–Trinajstić information content (AvgIpc) is 2.38. The van der Waals surface area contributed by atoms with Crippen LogP contribution in [0.4, 0.5) is 0 Å². The van der Waals surface area contributed by atoms with E-state index in [-0.39, 0.29) is 11.9 Å². The largest absolute Gasteiger partial charge is 0.469 e. The molecule has 5 nitrogen and oxygen atoms in total. The average molecular weight is 268 g/mol. The van der Waals surface area contributed by atoms with Gasteiger partial charge in [0.15, 0.2) is 0 Å². The van der Waals surface area contributed by atoms with Gasteiger partial charge in [-0.25, -0.2) is 0 Å². The first-order chi connectivity index (χ1) is 8.56. The van der Waals surface area contributed by atoms with Crippen molar-refractivity contribution in [1.82, 2.24) is 9.88 Å². The second kappa shape index (κ2) is 7.00. The number of thioether (sulfide) groups is 1. The number of pyridine rings is 1. The van der Waals surface area contributed by atoms with Crippen LogP contribution in [0.2, 0.25) is 0 Å². The van der Waals surface area contributed by atoms with Crippen molar-refractivity contribution >= 4 is 23.6 Å². The van der Waals surface area contributed by atoms with E-state index in [0.29, 0.717) is 17.7 Å². The highest BCUT2D eigenvalue weighted by molar-refractivity contribution is 7.99. The summed E-state index contributed by atoms with van der Waals surface area (Å²) in [6.07, 6.45) is 3.53. The van der Waals surface area contributed by atoms with Crippen LogP contribution in [-0.2, 0) is 9.53 Å². The molecule has 1 amide bonds. The molecule has 1 aromatic rings. The maximum atomic E-state index is 11.9. The number of hydrogen-bond acceptors (Lipinski definition) is 5. The molecule has 0 spiro atoms. The fourth-order valence-corrected chi connectivity index (χ4v) is 2.19. The van der Waals surface area contributed by atoms with E-state index < -0.39 is 0 Å². The Balaban J connectivity index is 2.71. The Morgan fingerprint density at radius 3 is 2.78 bits per heavy atom. The molecular weight excluding hydrogens is 252 g/mol. The lowest BCUT2D eigenvalue weighted by atomic mass is 10.2. The number of amides is 1. The van der Waals surface area contributed by atoms with Gasteiger partial charge >= 0.3 is 5.97 Å². The summed E-state index contributed by atoms with van der Waals surface area (Å²) in [4.78, 5) is 29.2. The number of ether oxygens (including phenoxy) is 1. The molecule has 6 heteroatoms. The Morgan fingerprint density at radius 1 is 1.44 bits per heavy atom. The van der Waals surface area contributed by atoms with Gasteiger partial charge in [0.1, 0.15) is 0 Å². The van der Waals surface area contributed by atoms with Crippen LogP contribution >= 0.6 is 11.8 Å². The summed E-state index contributed by atoms with van der Waals surface area (Å²) in [5, 5.41) is 0. The molecule has 98 valence electrons. The molecule has 0 saturated carbocycles. The van der Waals surface area contributed by atoms with Crippen molar-refractivity contribution in [2.24, 2.45) is 0 Å². The van der Waals surface area contributed by atoms with Crippen LogP contribution in [0, 0.1) is 0 Å². The molecule has 0 aliphatic heterocycles. The summed E-state index contributed by atoms with van der Waals surface area (Å²) in [5.41, 5.74) is 0.602. The minimum atomic E-state index is -0.258. The number of nitrogens with zero attached hydrogens (tertiary/aromatic N) is 2. The first-order valence-electron chi connectivity index (χ1n) is 5.41. The molecule has 1 aromatic heterocycles. The van der Waals surface area contributed by atoms with E-state index in [4.69, 9.17) is 0 Å². The van der Waals surface area contributed by atoms with E-state index in [1.54, 1.807) is 32.6 Å². The maximum Gasteiger partial charge on any atom is 0.306 e. The van der Waals surface area contributed by atoms with E-state index in [1.807, 2.05) is 0 Å². The molecular formula is C12H16N2O3S. The van der Waals surface area contributed by atoms with Crippen LogP contribution in [-0.4, -0.2) is 48.7 Å². The van der Waals surface area contributed by atoms with Gasteiger partial charge in [0, 0.05) is 37.1 Å². The Bertz CT molecular complexity index is 435. The van der Waals surface area contributed by atoms with Crippen molar-refractivity contribution in [3.8, 4) is 0 Å². The second-order valence-electron chi connectivity index (χ2n) is 3.75. The fourth-order valence-electron chi connectivity index (χ4n) is 1.26. The molecule has 0 aliphatic rings. The highest BCUT2D eigenvalue weighted by atomic mass is 32.2. The number of rotatable bonds is 5. The first-order valence-corrected chi connectivity index (χ1v) is 6.40. The maximum absolute atomic E-state index is 11.9. The zero-order chi connectivity index (χ0) is 13.5. The minimum absolute atomic E-state index is 0.0713. The van der Waals surface area contributed by atoms with Crippen molar-refractivity contribution in [3.63, 3.8) is 0 Å². The Labute approximate surface area is 111 Å². The van der Waals surface area contributed by atoms with Gasteiger partial charge in [-0.15, -0.1) is 11.8 Å². The van der Waals surface area contributed by atoms with Crippen molar-refractivity contribution in [2.45, 2.75) is 11.3 Å². The van der Waals surface area contributed by atoms with Gasteiger partial charge in [-0.05, 0) is 6.07 Å². The second-order valence-corrected chi connectivity index (χ2v) is 4.88. The van der Waals surface area contributed by atoms with E-state index in [1.165, 1.54) is 23.8 Å². The number of methoxy groups -OCH3 is 1. The van der Waals surface area contributed by atoms with Gasteiger partial charge in [-0.2, -0.15) is 0 Å².